The molecule has 1 nitrogen and oxygen atoms in total. The highest BCUT2D eigenvalue weighted by molar-refractivity contribution is 7.26. The zero-order valence-electron chi connectivity index (χ0n) is 24.1. The van der Waals surface area contributed by atoms with Gasteiger partial charge in [0, 0.05) is 48.0 Å². The molecule has 0 saturated heterocycles. The Hall–Kier alpha value is -4.92. The van der Waals surface area contributed by atoms with Gasteiger partial charge in [-0.1, -0.05) is 111 Å². The minimum absolute atomic E-state index is 0.0534. The third-order valence-electron chi connectivity index (χ3n) is 9.42. The van der Waals surface area contributed by atoms with Crippen LogP contribution < -0.4 is 4.90 Å². The second-order valence-corrected chi connectivity index (χ2v) is 13.2. The molecule has 0 bridgehead atoms. The van der Waals surface area contributed by atoms with Gasteiger partial charge in [0.2, 0.25) is 0 Å². The minimum atomic E-state index is -0.0534. The lowest BCUT2D eigenvalue weighted by Gasteiger charge is -2.28. The van der Waals surface area contributed by atoms with E-state index in [1.165, 1.54) is 69.7 Å². The predicted molar refractivity (Wildman–Crippen MR) is 187 cm³/mol. The van der Waals surface area contributed by atoms with Crippen molar-refractivity contribution in [3.8, 4) is 11.1 Å². The fourth-order valence-electron chi connectivity index (χ4n) is 7.31. The van der Waals surface area contributed by atoms with Crippen molar-refractivity contribution in [2.45, 2.75) is 19.3 Å². The molecule has 7 aromatic carbocycles. The average Bonchev–Trinajstić information content (AvgIpc) is 3.54. The van der Waals surface area contributed by atoms with Gasteiger partial charge in [-0.3, -0.25) is 0 Å². The van der Waals surface area contributed by atoms with E-state index in [0.717, 1.165) is 11.4 Å². The molecule has 9 rings (SSSR count). The number of rotatable bonds is 3. The lowest BCUT2D eigenvalue weighted by atomic mass is 9.82. The first-order chi connectivity index (χ1) is 21.1. The normalized spacial score (nSPS) is 13.5. The third-order valence-corrected chi connectivity index (χ3v) is 10.6. The number of fused-ring (bicyclic) bond motifs is 10. The summed E-state index contributed by atoms with van der Waals surface area (Å²) in [6, 6.07) is 51.5. The summed E-state index contributed by atoms with van der Waals surface area (Å²) in [4.78, 5) is 2.41. The first kappa shape index (κ1) is 24.7. The van der Waals surface area contributed by atoms with Gasteiger partial charge in [-0.05, 0) is 80.9 Å². The Balaban J connectivity index is 1.25. The van der Waals surface area contributed by atoms with Gasteiger partial charge in [0.25, 0.3) is 0 Å². The molecule has 1 aliphatic carbocycles. The second-order valence-electron chi connectivity index (χ2n) is 12.2. The number of benzene rings is 7. The third kappa shape index (κ3) is 3.57. The number of anilines is 3. The number of nitrogens with zero attached hydrogens (tertiary/aromatic N) is 1. The Morgan fingerprint density at radius 2 is 1.16 bits per heavy atom. The summed E-state index contributed by atoms with van der Waals surface area (Å²) in [5.41, 5.74) is 8.92. The van der Waals surface area contributed by atoms with Gasteiger partial charge in [-0.25, -0.2) is 0 Å². The fraction of sp³-hybridized carbons (Fsp3) is 0.0732. The molecule has 0 saturated carbocycles. The van der Waals surface area contributed by atoms with Crippen molar-refractivity contribution in [2.24, 2.45) is 0 Å². The zero-order chi connectivity index (χ0) is 28.7. The first-order valence-corrected chi connectivity index (χ1v) is 15.8. The SMILES string of the molecule is CC1(C)c2ccccc2-c2ccc(N(c3ccccc3)c3ccc4c(ccc5ccc6c7ccccc7sc6c54)c3)cc21. The van der Waals surface area contributed by atoms with Crippen LogP contribution in [0.3, 0.4) is 0 Å². The average molecular weight is 568 g/mol. The van der Waals surface area contributed by atoms with Crippen LogP contribution in [0.25, 0.3) is 52.8 Å². The van der Waals surface area contributed by atoms with Crippen LogP contribution in [0.1, 0.15) is 25.0 Å². The highest BCUT2D eigenvalue weighted by atomic mass is 32.1. The van der Waals surface area contributed by atoms with Crippen LogP contribution in [0.15, 0.2) is 140 Å². The van der Waals surface area contributed by atoms with E-state index in [1.807, 2.05) is 11.3 Å². The Morgan fingerprint density at radius 3 is 2.07 bits per heavy atom. The van der Waals surface area contributed by atoms with Gasteiger partial charge in [0.1, 0.15) is 0 Å². The fourth-order valence-corrected chi connectivity index (χ4v) is 8.58. The maximum Gasteiger partial charge on any atom is 0.0468 e. The van der Waals surface area contributed by atoms with Crippen LogP contribution >= 0.6 is 11.3 Å². The van der Waals surface area contributed by atoms with Crippen LogP contribution in [-0.4, -0.2) is 0 Å². The second kappa shape index (κ2) is 9.04. The largest absolute Gasteiger partial charge is 0.310 e. The van der Waals surface area contributed by atoms with Crippen molar-refractivity contribution in [1.29, 1.82) is 0 Å². The van der Waals surface area contributed by atoms with E-state index in [-0.39, 0.29) is 5.41 Å². The molecule has 1 aliphatic rings. The molecule has 0 N–H and O–H groups in total. The summed E-state index contributed by atoms with van der Waals surface area (Å²) in [5, 5.41) is 7.89. The van der Waals surface area contributed by atoms with Crippen molar-refractivity contribution in [3.63, 3.8) is 0 Å². The van der Waals surface area contributed by atoms with Crippen molar-refractivity contribution >= 4 is 70.1 Å². The minimum Gasteiger partial charge on any atom is -0.310 e. The van der Waals surface area contributed by atoms with Crippen molar-refractivity contribution < 1.29 is 0 Å². The molecular formula is C41H29NS. The molecule has 1 aromatic heterocycles. The topological polar surface area (TPSA) is 3.24 Å². The predicted octanol–water partition coefficient (Wildman–Crippen LogP) is 12.1. The smallest absolute Gasteiger partial charge is 0.0468 e. The summed E-state index contributed by atoms with van der Waals surface area (Å²) >= 11 is 1.91. The molecule has 0 aliphatic heterocycles. The van der Waals surface area contributed by atoms with Gasteiger partial charge < -0.3 is 4.90 Å². The van der Waals surface area contributed by atoms with E-state index < -0.39 is 0 Å². The van der Waals surface area contributed by atoms with Crippen LogP contribution in [0.4, 0.5) is 17.1 Å². The summed E-state index contributed by atoms with van der Waals surface area (Å²) < 4.78 is 2.72. The van der Waals surface area contributed by atoms with E-state index >= 15 is 0 Å². The molecule has 8 aromatic rings. The van der Waals surface area contributed by atoms with E-state index in [0.29, 0.717) is 0 Å². The molecular weight excluding hydrogens is 539 g/mol. The van der Waals surface area contributed by atoms with Gasteiger partial charge >= 0.3 is 0 Å². The molecule has 1 heterocycles. The lowest BCUT2D eigenvalue weighted by molar-refractivity contribution is 0.660. The standard InChI is InChI=1S/C41H29NS/c1-41(2)36-14-8-6-12-32(36)33-23-20-30(25-37(33)41)42(28-10-4-3-5-11-28)29-19-22-31-27(24-29)17-16-26-18-21-35-34-13-7-9-15-38(34)43-40(35)39(26)31/h3-25H,1-2H3. The summed E-state index contributed by atoms with van der Waals surface area (Å²) in [5.74, 6) is 0. The Labute approximate surface area is 255 Å². The van der Waals surface area contributed by atoms with Gasteiger partial charge in [-0.2, -0.15) is 0 Å². The van der Waals surface area contributed by atoms with E-state index in [9.17, 15) is 0 Å². The number of para-hydroxylation sites is 1. The van der Waals surface area contributed by atoms with Crippen LogP contribution in [-0.2, 0) is 5.41 Å². The molecule has 0 amide bonds. The number of thiophene rings is 1. The molecule has 0 radical (unpaired) electrons. The maximum atomic E-state index is 2.41. The van der Waals surface area contributed by atoms with Crippen LogP contribution in [0.2, 0.25) is 0 Å². The molecule has 43 heavy (non-hydrogen) atoms. The lowest BCUT2D eigenvalue weighted by Crippen LogP contribution is -2.16. The number of hydrogen-bond acceptors (Lipinski definition) is 2. The monoisotopic (exact) mass is 567 g/mol. The van der Waals surface area contributed by atoms with E-state index in [1.54, 1.807) is 0 Å². The summed E-state index contributed by atoms with van der Waals surface area (Å²) in [6.45, 7) is 4.70. The quantitative estimate of drug-likeness (QED) is 0.192. The van der Waals surface area contributed by atoms with Crippen molar-refractivity contribution in [1.82, 2.24) is 0 Å². The van der Waals surface area contributed by atoms with Crippen molar-refractivity contribution in [3.05, 3.63) is 151 Å². The molecule has 2 heteroatoms. The van der Waals surface area contributed by atoms with Crippen LogP contribution in [0, 0.1) is 0 Å². The highest BCUT2D eigenvalue weighted by Crippen LogP contribution is 2.51. The molecule has 0 spiro atoms. The van der Waals surface area contributed by atoms with E-state index in [2.05, 4.69) is 158 Å². The maximum absolute atomic E-state index is 2.41. The Kier molecular flexibility index (Phi) is 5.18. The van der Waals surface area contributed by atoms with Gasteiger partial charge in [-0.15, -0.1) is 11.3 Å². The first-order valence-electron chi connectivity index (χ1n) is 14.9. The summed E-state index contributed by atoms with van der Waals surface area (Å²) in [6.07, 6.45) is 0. The van der Waals surface area contributed by atoms with Gasteiger partial charge in [0.15, 0.2) is 0 Å². The van der Waals surface area contributed by atoms with E-state index in [4.69, 9.17) is 0 Å². The summed E-state index contributed by atoms with van der Waals surface area (Å²) in [7, 11) is 0. The Bertz CT molecular complexity index is 2380. The molecule has 0 fully saturated rings. The molecule has 0 atom stereocenters. The Morgan fingerprint density at radius 1 is 0.488 bits per heavy atom. The highest BCUT2D eigenvalue weighted by Gasteiger charge is 2.35. The van der Waals surface area contributed by atoms with Crippen LogP contribution in [0.5, 0.6) is 0 Å². The molecule has 0 unspecified atom stereocenters. The number of hydrogen-bond donors (Lipinski definition) is 0. The molecule has 204 valence electrons. The van der Waals surface area contributed by atoms with Gasteiger partial charge in [0.05, 0.1) is 0 Å². The zero-order valence-corrected chi connectivity index (χ0v) is 25.0. The van der Waals surface area contributed by atoms with Crippen molar-refractivity contribution in [2.75, 3.05) is 4.90 Å².